The summed E-state index contributed by atoms with van der Waals surface area (Å²) in [5, 5.41) is 12.4. The molecule has 0 aliphatic rings. The highest BCUT2D eigenvalue weighted by atomic mass is 15.3. The number of rotatable bonds is 7. The molecule has 2 aromatic heterocycles. The zero-order chi connectivity index (χ0) is 14.5. The molecule has 0 unspecified atom stereocenters. The second-order valence-electron chi connectivity index (χ2n) is 5.20. The van der Waals surface area contributed by atoms with E-state index in [9.17, 15) is 0 Å². The van der Waals surface area contributed by atoms with Crippen LogP contribution in [0.15, 0.2) is 12.3 Å². The van der Waals surface area contributed by atoms with Crippen molar-refractivity contribution in [2.24, 2.45) is 0 Å². The van der Waals surface area contributed by atoms with Crippen LogP contribution >= 0.6 is 0 Å². The highest BCUT2D eigenvalue weighted by Crippen LogP contribution is 2.13. The van der Waals surface area contributed by atoms with Crippen LogP contribution in [0.2, 0.25) is 0 Å². The topological polar surface area (TPSA) is 47.7 Å². The van der Waals surface area contributed by atoms with Gasteiger partial charge in [-0.25, -0.2) is 0 Å². The first-order valence-corrected chi connectivity index (χ1v) is 7.45. The molecule has 0 aliphatic heterocycles. The fourth-order valence-corrected chi connectivity index (χ4v) is 2.21. The first-order valence-electron chi connectivity index (χ1n) is 7.45. The van der Waals surface area contributed by atoms with E-state index in [-0.39, 0.29) is 0 Å². The van der Waals surface area contributed by atoms with Crippen LogP contribution in [0.4, 0.5) is 5.82 Å². The molecule has 0 aromatic carbocycles. The van der Waals surface area contributed by atoms with E-state index in [2.05, 4.69) is 53.2 Å². The summed E-state index contributed by atoms with van der Waals surface area (Å²) < 4.78 is 4.05. The molecule has 5 nitrogen and oxygen atoms in total. The standard InChI is InChI=1S/C15H25N5/c1-5-7-8-20-12(3)9-15(18-20)16-10-14-11-19(6-2)17-13(14)4/h9,11H,5-8,10H2,1-4H3,(H,16,18). The van der Waals surface area contributed by atoms with Crippen LogP contribution in [-0.2, 0) is 19.6 Å². The molecule has 110 valence electrons. The lowest BCUT2D eigenvalue weighted by Crippen LogP contribution is -2.04. The average molecular weight is 275 g/mol. The van der Waals surface area contributed by atoms with E-state index in [0.717, 1.165) is 31.1 Å². The molecule has 5 heteroatoms. The summed E-state index contributed by atoms with van der Waals surface area (Å²) in [4.78, 5) is 0. The molecule has 0 spiro atoms. The van der Waals surface area contributed by atoms with Crippen LogP contribution in [0, 0.1) is 13.8 Å². The van der Waals surface area contributed by atoms with Gasteiger partial charge in [0, 0.05) is 43.2 Å². The Morgan fingerprint density at radius 1 is 1.20 bits per heavy atom. The van der Waals surface area contributed by atoms with Crippen molar-refractivity contribution in [2.45, 2.75) is 60.2 Å². The van der Waals surface area contributed by atoms with Gasteiger partial charge in [-0.15, -0.1) is 0 Å². The van der Waals surface area contributed by atoms with E-state index in [4.69, 9.17) is 0 Å². The molecule has 0 bridgehead atoms. The average Bonchev–Trinajstić information content (AvgIpc) is 2.97. The normalized spacial score (nSPS) is 11.0. The molecule has 2 rings (SSSR count). The zero-order valence-electron chi connectivity index (χ0n) is 13.0. The van der Waals surface area contributed by atoms with Gasteiger partial charge in [0.1, 0.15) is 5.82 Å². The van der Waals surface area contributed by atoms with Crippen molar-refractivity contribution in [3.05, 3.63) is 29.2 Å². The van der Waals surface area contributed by atoms with Crippen LogP contribution < -0.4 is 5.32 Å². The van der Waals surface area contributed by atoms with E-state index in [1.807, 2.05) is 11.6 Å². The SMILES string of the molecule is CCCCn1nc(NCc2cn(CC)nc2C)cc1C. The number of aromatic nitrogens is 4. The number of nitrogens with zero attached hydrogens (tertiary/aromatic N) is 4. The number of hydrogen-bond acceptors (Lipinski definition) is 3. The Morgan fingerprint density at radius 3 is 2.65 bits per heavy atom. The molecule has 0 saturated carbocycles. The van der Waals surface area contributed by atoms with Gasteiger partial charge in [-0.1, -0.05) is 13.3 Å². The summed E-state index contributed by atoms with van der Waals surface area (Å²) in [5.74, 6) is 0.947. The molecule has 0 fully saturated rings. The highest BCUT2D eigenvalue weighted by Gasteiger charge is 2.07. The number of hydrogen-bond donors (Lipinski definition) is 1. The molecule has 0 saturated heterocycles. The number of aryl methyl sites for hydroxylation is 4. The number of nitrogens with one attached hydrogen (secondary N) is 1. The van der Waals surface area contributed by atoms with Crippen LogP contribution in [0.1, 0.15) is 43.6 Å². The van der Waals surface area contributed by atoms with Crippen molar-refractivity contribution in [1.29, 1.82) is 0 Å². The Balaban J connectivity index is 1.98. The summed E-state index contributed by atoms with van der Waals surface area (Å²) in [6, 6.07) is 2.11. The van der Waals surface area contributed by atoms with E-state index < -0.39 is 0 Å². The van der Waals surface area contributed by atoms with Crippen molar-refractivity contribution < 1.29 is 0 Å². The Morgan fingerprint density at radius 2 is 2.00 bits per heavy atom. The van der Waals surface area contributed by atoms with Gasteiger partial charge in [0.15, 0.2) is 0 Å². The Hall–Kier alpha value is -1.78. The quantitative estimate of drug-likeness (QED) is 0.844. The third kappa shape index (κ3) is 3.40. The van der Waals surface area contributed by atoms with Gasteiger partial charge >= 0.3 is 0 Å². The van der Waals surface area contributed by atoms with E-state index >= 15 is 0 Å². The summed E-state index contributed by atoms with van der Waals surface area (Å²) in [6.45, 7) is 11.1. The smallest absolute Gasteiger partial charge is 0.148 e. The monoisotopic (exact) mass is 275 g/mol. The lowest BCUT2D eigenvalue weighted by atomic mass is 10.2. The fraction of sp³-hybridized carbons (Fsp3) is 0.600. The first-order chi connectivity index (χ1) is 9.63. The third-order valence-electron chi connectivity index (χ3n) is 3.54. The predicted molar refractivity (Wildman–Crippen MR) is 81.8 cm³/mol. The van der Waals surface area contributed by atoms with E-state index in [0.29, 0.717) is 0 Å². The van der Waals surface area contributed by atoms with Crippen LogP contribution in [-0.4, -0.2) is 19.6 Å². The molecule has 2 aromatic rings. The van der Waals surface area contributed by atoms with Crippen molar-refractivity contribution in [2.75, 3.05) is 5.32 Å². The second kappa shape index (κ2) is 6.59. The number of unbranched alkanes of at least 4 members (excludes halogenated alkanes) is 1. The maximum atomic E-state index is 4.60. The Labute approximate surface area is 121 Å². The summed E-state index contributed by atoms with van der Waals surface area (Å²) in [7, 11) is 0. The van der Waals surface area contributed by atoms with Gasteiger partial charge in [-0.3, -0.25) is 9.36 Å². The van der Waals surface area contributed by atoms with Gasteiger partial charge in [-0.2, -0.15) is 10.2 Å². The zero-order valence-corrected chi connectivity index (χ0v) is 13.0. The van der Waals surface area contributed by atoms with Crippen molar-refractivity contribution >= 4 is 5.82 Å². The van der Waals surface area contributed by atoms with Gasteiger partial charge in [-0.05, 0) is 27.2 Å². The minimum absolute atomic E-state index is 0.774. The van der Waals surface area contributed by atoms with E-state index in [1.54, 1.807) is 0 Å². The van der Waals surface area contributed by atoms with Gasteiger partial charge < -0.3 is 5.32 Å². The summed E-state index contributed by atoms with van der Waals surface area (Å²) >= 11 is 0. The predicted octanol–water partition coefficient (Wildman–Crippen LogP) is 3.13. The fourth-order valence-electron chi connectivity index (χ4n) is 2.21. The minimum atomic E-state index is 0.774. The van der Waals surface area contributed by atoms with Crippen LogP contribution in [0.25, 0.3) is 0 Å². The van der Waals surface area contributed by atoms with Crippen LogP contribution in [0.5, 0.6) is 0 Å². The molecule has 0 amide bonds. The molecule has 1 N–H and O–H groups in total. The number of anilines is 1. The molecule has 2 heterocycles. The van der Waals surface area contributed by atoms with E-state index in [1.165, 1.54) is 24.1 Å². The second-order valence-corrected chi connectivity index (χ2v) is 5.20. The molecule has 20 heavy (non-hydrogen) atoms. The lowest BCUT2D eigenvalue weighted by molar-refractivity contribution is 0.560. The Kier molecular flexibility index (Phi) is 4.82. The Bertz CT molecular complexity index is 553. The summed E-state index contributed by atoms with van der Waals surface area (Å²) in [5.41, 5.74) is 3.52. The van der Waals surface area contributed by atoms with Gasteiger partial charge in [0.05, 0.1) is 5.69 Å². The maximum absolute atomic E-state index is 4.60. The van der Waals surface area contributed by atoms with Crippen molar-refractivity contribution in [3.63, 3.8) is 0 Å². The lowest BCUT2D eigenvalue weighted by Gasteiger charge is -2.03. The first kappa shape index (κ1) is 14.6. The molecular formula is C15H25N5. The molecule has 0 atom stereocenters. The largest absolute Gasteiger partial charge is 0.364 e. The van der Waals surface area contributed by atoms with Crippen molar-refractivity contribution in [3.8, 4) is 0 Å². The molecule has 0 aliphatic carbocycles. The highest BCUT2D eigenvalue weighted by molar-refractivity contribution is 5.37. The van der Waals surface area contributed by atoms with Crippen LogP contribution in [0.3, 0.4) is 0 Å². The molecule has 0 radical (unpaired) electrons. The molecular weight excluding hydrogens is 250 g/mol. The van der Waals surface area contributed by atoms with Gasteiger partial charge in [0.25, 0.3) is 0 Å². The van der Waals surface area contributed by atoms with Gasteiger partial charge in [0.2, 0.25) is 0 Å². The minimum Gasteiger partial charge on any atom is -0.364 e. The van der Waals surface area contributed by atoms with Crippen molar-refractivity contribution in [1.82, 2.24) is 19.6 Å². The third-order valence-corrected chi connectivity index (χ3v) is 3.54. The maximum Gasteiger partial charge on any atom is 0.148 e. The summed E-state index contributed by atoms with van der Waals surface area (Å²) in [6.07, 6.45) is 4.46.